The molecular formula is C18H27N3O3. The minimum atomic E-state index is -0.817. The maximum atomic E-state index is 12.5. The van der Waals surface area contributed by atoms with Gasteiger partial charge in [-0.05, 0) is 24.8 Å². The predicted octanol–water partition coefficient (Wildman–Crippen LogP) is 1.06. The van der Waals surface area contributed by atoms with Crippen molar-refractivity contribution >= 4 is 17.7 Å². The van der Waals surface area contributed by atoms with Gasteiger partial charge in [0.05, 0.1) is 0 Å². The Hall–Kier alpha value is -2.37. The van der Waals surface area contributed by atoms with Crippen LogP contribution in [0.4, 0.5) is 0 Å². The normalized spacial score (nSPS) is 13.2. The third-order valence-corrected chi connectivity index (χ3v) is 3.58. The third-order valence-electron chi connectivity index (χ3n) is 3.58. The molecular weight excluding hydrogens is 306 g/mol. The summed E-state index contributed by atoms with van der Waals surface area (Å²) in [7, 11) is 0. The highest BCUT2D eigenvalue weighted by molar-refractivity contribution is 5.91. The zero-order valence-electron chi connectivity index (χ0n) is 14.8. The van der Waals surface area contributed by atoms with Crippen molar-refractivity contribution in [2.75, 3.05) is 0 Å². The average molecular weight is 333 g/mol. The van der Waals surface area contributed by atoms with E-state index in [0.717, 1.165) is 11.1 Å². The van der Waals surface area contributed by atoms with E-state index >= 15 is 0 Å². The Bertz CT molecular complexity index is 599. The average Bonchev–Trinajstić information content (AvgIpc) is 2.44. The van der Waals surface area contributed by atoms with Gasteiger partial charge in [0.15, 0.2) is 0 Å². The highest BCUT2D eigenvalue weighted by Gasteiger charge is 2.25. The van der Waals surface area contributed by atoms with E-state index in [1.54, 1.807) is 0 Å². The van der Waals surface area contributed by atoms with E-state index in [4.69, 9.17) is 5.73 Å². The van der Waals surface area contributed by atoms with Gasteiger partial charge in [0, 0.05) is 13.3 Å². The van der Waals surface area contributed by atoms with Gasteiger partial charge < -0.3 is 16.4 Å². The number of hydrogen-bond acceptors (Lipinski definition) is 3. The van der Waals surface area contributed by atoms with Crippen LogP contribution in [-0.2, 0) is 20.8 Å². The molecule has 4 N–H and O–H groups in total. The molecule has 132 valence electrons. The first-order valence-corrected chi connectivity index (χ1v) is 8.11. The van der Waals surface area contributed by atoms with Gasteiger partial charge in [-0.25, -0.2) is 0 Å². The van der Waals surface area contributed by atoms with Gasteiger partial charge >= 0.3 is 0 Å². The summed E-state index contributed by atoms with van der Waals surface area (Å²) in [6.07, 6.45) is 0.804. The van der Waals surface area contributed by atoms with Crippen LogP contribution in [0, 0.1) is 12.8 Å². The standard InChI is InChI=1S/C18H27N3O3/c1-11(2)8-16(20-13(4)22)18(24)21-15(17(19)23)10-14-7-5-6-12(3)9-14/h5-7,9,11,15-16H,8,10H2,1-4H3,(H2,19,23)(H,20,22)(H,21,24)/t15-,16+/m1/s1. The van der Waals surface area contributed by atoms with Crippen molar-refractivity contribution in [1.82, 2.24) is 10.6 Å². The number of primary amides is 1. The van der Waals surface area contributed by atoms with Crippen LogP contribution < -0.4 is 16.4 Å². The zero-order chi connectivity index (χ0) is 18.3. The highest BCUT2D eigenvalue weighted by atomic mass is 16.2. The van der Waals surface area contributed by atoms with E-state index in [2.05, 4.69) is 10.6 Å². The Balaban J connectivity index is 2.83. The molecule has 0 radical (unpaired) electrons. The number of benzene rings is 1. The molecule has 6 heteroatoms. The number of carbonyl (C=O) groups is 3. The Labute approximate surface area is 143 Å². The van der Waals surface area contributed by atoms with Gasteiger partial charge in [-0.1, -0.05) is 43.7 Å². The van der Waals surface area contributed by atoms with Crippen LogP contribution >= 0.6 is 0 Å². The second kappa shape index (κ2) is 9.05. The fourth-order valence-electron chi connectivity index (χ4n) is 2.52. The quantitative estimate of drug-likeness (QED) is 0.663. The molecule has 0 aromatic heterocycles. The molecule has 24 heavy (non-hydrogen) atoms. The van der Waals surface area contributed by atoms with E-state index in [-0.39, 0.29) is 11.8 Å². The van der Waals surface area contributed by atoms with Crippen molar-refractivity contribution in [3.05, 3.63) is 35.4 Å². The molecule has 0 saturated carbocycles. The Morgan fingerprint density at radius 1 is 1.12 bits per heavy atom. The molecule has 6 nitrogen and oxygen atoms in total. The number of aryl methyl sites for hydroxylation is 1. The first-order valence-electron chi connectivity index (χ1n) is 8.11. The van der Waals surface area contributed by atoms with Gasteiger partial charge in [0.2, 0.25) is 17.7 Å². The molecule has 0 aliphatic rings. The molecule has 0 unspecified atom stereocenters. The summed E-state index contributed by atoms with van der Waals surface area (Å²) < 4.78 is 0. The second-order valence-corrected chi connectivity index (χ2v) is 6.54. The summed E-state index contributed by atoms with van der Waals surface area (Å²) in [5, 5.41) is 5.29. The molecule has 0 fully saturated rings. The van der Waals surface area contributed by atoms with Crippen molar-refractivity contribution in [3.63, 3.8) is 0 Å². The zero-order valence-corrected chi connectivity index (χ0v) is 14.8. The lowest BCUT2D eigenvalue weighted by Crippen LogP contribution is -2.53. The van der Waals surface area contributed by atoms with Crippen LogP contribution in [0.3, 0.4) is 0 Å². The van der Waals surface area contributed by atoms with E-state index in [9.17, 15) is 14.4 Å². The molecule has 3 amide bonds. The summed E-state index contributed by atoms with van der Waals surface area (Å²) in [5.74, 6) is -1.06. The maximum Gasteiger partial charge on any atom is 0.243 e. The van der Waals surface area contributed by atoms with E-state index in [1.165, 1.54) is 6.92 Å². The summed E-state index contributed by atoms with van der Waals surface area (Å²) in [6, 6.07) is 6.18. The molecule has 0 aliphatic carbocycles. The number of hydrogen-bond donors (Lipinski definition) is 3. The molecule has 1 aromatic rings. The van der Waals surface area contributed by atoms with Crippen molar-refractivity contribution in [3.8, 4) is 0 Å². The SMILES string of the molecule is CC(=O)N[C@@H](CC(C)C)C(=O)N[C@H](Cc1cccc(C)c1)C(N)=O. The van der Waals surface area contributed by atoms with Crippen LogP contribution in [0.5, 0.6) is 0 Å². The first-order chi connectivity index (χ1) is 11.2. The Morgan fingerprint density at radius 3 is 2.29 bits per heavy atom. The van der Waals surface area contributed by atoms with Gasteiger partial charge in [0.25, 0.3) is 0 Å². The number of amides is 3. The summed E-state index contributed by atoms with van der Waals surface area (Å²) in [6.45, 7) is 7.23. The lowest BCUT2D eigenvalue weighted by Gasteiger charge is -2.22. The van der Waals surface area contributed by atoms with Crippen molar-refractivity contribution in [2.45, 2.75) is 52.6 Å². The topological polar surface area (TPSA) is 101 Å². The molecule has 2 atom stereocenters. The van der Waals surface area contributed by atoms with Crippen LogP contribution in [0.1, 0.15) is 38.3 Å². The minimum Gasteiger partial charge on any atom is -0.368 e. The summed E-state index contributed by atoms with van der Waals surface area (Å²) in [5.41, 5.74) is 7.42. The Morgan fingerprint density at radius 2 is 1.79 bits per heavy atom. The summed E-state index contributed by atoms with van der Waals surface area (Å²) >= 11 is 0. The number of nitrogens with two attached hydrogens (primary N) is 1. The monoisotopic (exact) mass is 333 g/mol. The lowest BCUT2D eigenvalue weighted by atomic mass is 10.0. The van der Waals surface area contributed by atoms with E-state index in [0.29, 0.717) is 12.8 Å². The molecule has 0 heterocycles. The van der Waals surface area contributed by atoms with Gasteiger partial charge in [-0.15, -0.1) is 0 Å². The largest absolute Gasteiger partial charge is 0.368 e. The summed E-state index contributed by atoms with van der Waals surface area (Å²) in [4.78, 5) is 35.5. The predicted molar refractivity (Wildman–Crippen MR) is 93.1 cm³/mol. The number of carbonyl (C=O) groups excluding carboxylic acids is 3. The minimum absolute atomic E-state index is 0.219. The molecule has 0 saturated heterocycles. The maximum absolute atomic E-state index is 12.5. The van der Waals surface area contributed by atoms with Crippen molar-refractivity contribution in [2.24, 2.45) is 11.7 Å². The highest BCUT2D eigenvalue weighted by Crippen LogP contribution is 2.09. The molecule has 1 rings (SSSR count). The van der Waals surface area contributed by atoms with Crippen LogP contribution in [-0.4, -0.2) is 29.8 Å². The van der Waals surface area contributed by atoms with Crippen LogP contribution in [0.2, 0.25) is 0 Å². The van der Waals surface area contributed by atoms with E-state index in [1.807, 2.05) is 45.0 Å². The van der Waals surface area contributed by atoms with Gasteiger partial charge in [-0.3, -0.25) is 14.4 Å². The fraction of sp³-hybridized carbons (Fsp3) is 0.500. The first kappa shape index (κ1) is 19.7. The lowest BCUT2D eigenvalue weighted by molar-refractivity contribution is -0.131. The van der Waals surface area contributed by atoms with E-state index < -0.39 is 23.9 Å². The molecule has 0 aliphatic heterocycles. The molecule has 0 spiro atoms. The fourth-order valence-corrected chi connectivity index (χ4v) is 2.52. The van der Waals surface area contributed by atoms with Gasteiger partial charge in [0.1, 0.15) is 12.1 Å². The second-order valence-electron chi connectivity index (χ2n) is 6.54. The van der Waals surface area contributed by atoms with Crippen molar-refractivity contribution < 1.29 is 14.4 Å². The van der Waals surface area contributed by atoms with Gasteiger partial charge in [-0.2, -0.15) is 0 Å². The Kier molecular flexibility index (Phi) is 7.42. The van der Waals surface area contributed by atoms with Crippen LogP contribution in [0.25, 0.3) is 0 Å². The van der Waals surface area contributed by atoms with Crippen LogP contribution in [0.15, 0.2) is 24.3 Å². The number of nitrogens with one attached hydrogen (secondary N) is 2. The molecule has 0 bridgehead atoms. The molecule has 1 aromatic carbocycles. The smallest absolute Gasteiger partial charge is 0.243 e. The third kappa shape index (κ3) is 6.81. The van der Waals surface area contributed by atoms with Crippen molar-refractivity contribution in [1.29, 1.82) is 0 Å². The number of rotatable bonds is 8.